The molecule has 0 aliphatic carbocycles. The van der Waals surface area contributed by atoms with Gasteiger partial charge in [0.1, 0.15) is 16.9 Å². The zero-order valence-corrected chi connectivity index (χ0v) is 12.9. The van der Waals surface area contributed by atoms with E-state index in [0.717, 1.165) is 19.4 Å². The highest BCUT2D eigenvalue weighted by atomic mass is 16.2. The number of H-pyrrole nitrogens is 1. The lowest BCUT2D eigenvalue weighted by Gasteiger charge is -2.43. The first kappa shape index (κ1) is 14.7. The summed E-state index contributed by atoms with van der Waals surface area (Å²) < 4.78 is 0. The van der Waals surface area contributed by atoms with Crippen molar-refractivity contribution in [2.75, 3.05) is 20.1 Å². The SMILES string of the molecule is Cc1ncc(C(=O)N2CCCC23CCCN(C)C3=O)c(=O)[nH]1. The maximum atomic E-state index is 12.8. The molecule has 3 rings (SSSR count). The molecule has 3 heterocycles. The highest BCUT2D eigenvalue weighted by molar-refractivity contribution is 5.99. The van der Waals surface area contributed by atoms with Gasteiger partial charge in [-0.2, -0.15) is 0 Å². The molecule has 0 radical (unpaired) electrons. The van der Waals surface area contributed by atoms with Crippen LogP contribution in [0, 0.1) is 6.92 Å². The summed E-state index contributed by atoms with van der Waals surface area (Å²) in [5.41, 5.74) is -1.22. The molecule has 1 unspecified atom stereocenters. The smallest absolute Gasteiger partial charge is 0.263 e. The molecule has 2 fully saturated rings. The minimum Gasteiger partial charge on any atom is -0.344 e. The van der Waals surface area contributed by atoms with Gasteiger partial charge in [0.05, 0.1) is 0 Å². The molecule has 118 valence electrons. The van der Waals surface area contributed by atoms with E-state index in [1.165, 1.54) is 6.20 Å². The highest BCUT2D eigenvalue weighted by Crippen LogP contribution is 2.38. The Bertz CT molecular complexity index is 684. The van der Waals surface area contributed by atoms with Gasteiger partial charge in [-0.3, -0.25) is 14.4 Å². The van der Waals surface area contributed by atoms with Crippen LogP contribution >= 0.6 is 0 Å². The number of carbonyl (C=O) groups is 2. The zero-order chi connectivity index (χ0) is 15.9. The molecule has 1 spiro atoms. The van der Waals surface area contributed by atoms with Crippen LogP contribution in [0.1, 0.15) is 41.9 Å². The minimum absolute atomic E-state index is 0.00732. The molecule has 2 saturated heterocycles. The second-order valence-corrected chi connectivity index (χ2v) is 6.13. The Balaban J connectivity index is 1.98. The van der Waals surface area contributed by atoms with Gasteiger partial charge < -0.3 is 14.8 Å². The number of carbonyl (C=O) groups excluding carboxylic acids is 2. The van der Waals surface area contributed by atoms with E-state index in [1.54, 1.807) is 23.8 Å². The largest absolute Gasteiger partial charge is 0.344 e. The van der Waals surface area contributed by atoms with Crippen LogP contribution in [0.3, 0.4) is 0 Å². The monoisotopic (exact) mass is 304 g/mol. The lowest BCUT2D eigenvalue weighted by atomic mass is 9.85. The number of hydrogen-bond acceptors (Lipinski definition) is 4. The van der Waals surface area contributed by atoms with Gasteiger partial charge in [0.2, 0.25) is 5.91 Å². The van der Waals surface area contributed by atoms with Gasteiger partial charge in [0, 0.05) is 26.3 Å². The third-order valence-corrected chi connectivity index (χ3v) is 4.72. The van der Waals surface area contributed by atoms with Gasteiger partial charge in [-0.15, -0.1) is 0 Å². The van der Waals surface area contributed by atoms with Crippen molar-refractivity contribution in [3.8, 4) is 0 Å². The average Bonchev–Trinajstić information content (AvgIpc) is 2.89. The van der Waals surface area contributed by atoms with Crippen LogP contribution in [0.2, 0.25) is 0 Å². The third-order valence-electron chi connectivity index (χ3n) is 4.72. The van der Waals surface area contributed by atoms with Gasteiger partial charge in [-0.05, 0) is 32.6 Å². The number of likely N-dealkylation sites (tertiary alicyclic amines) is 2. The van der Waals surface area contributed by atoms with Crippen molar-refractivity contribution in [2.24, 2.45) is 0 Å². The van der Waals surface area contributed by atoms with Crippen LogP contribution in [0.15, 0.2) is 11.0 Å². The first-order chi connectivity index (χ1) is 10.5. The number of nitrogens with zero attached hydrogens (tertiary/aromatic N) is 3. The normalized spacial score (nSPS) is 25.1. The summed E-state index contributed by atoms with van der Waals surface area (Å²) in [5.74, 6) is 0.0576. The zero-order valence-electron chi connectivity index (χ0n) is 12.9. The number of likely N-dealkylation sites (N-methyl/N-ethyl adjacent to an activating group) is 1. The third kappa shape index (κ3) is 2.12. The second kappa shape index (κ2) is 5.23. The highest BCUT2D eigenvalue weighted by Gasteiger charge is 2.52. The molecule has 2 aliphatic rings. The summed E-state index contributed by atoms with van der Waals surface area (Å²) in [7, 11) is 1.77. The summed E-state index contributed by atoms with van der Waals surface area (Å²) >= 11 is 0. The first-order valence-corrected chi connectivity index (χ1v) is 7.59. The Morgan fingerprint density at radius 3 is 2.64 bits per heavy atom. The van der Waals surface area contributed by atoms with Crippen LogP contribution in [0.4, 0.5) is 0 Å². The van der Waals surface area contributed by atoms with Crippen molar-refractivity contribution in [2.45, 2.75) is 38.1 Å². The number of nitrogens with one attached hydrogen (secondary N) is 1. The molecular formula is C15H20N4O3. The molecule has 1 aromatic rings. The number of amides is 2. The fourth-order valence-corrected chi connectivity index (χ4v) is 3.61. The maximum Gasteiger partial charge on any atom is 0.263 e. The standard InChI is InChI=1S/C15H20N4O3/c1-10-16-9-11(12(20)17-10)13(21)19-8-4-6-15(19)5-3-7-18(2)14(15)22/h9H,3-8H2,1-2H3,(H,16,17,20). The van der Waals surface area contributed by atoms with Crippen LogP contribution in [-0.4, -0.2) is 57.3 Å². The molecule has 22 heavy (non-hydrogen) atoms. The molecule has 2 amide bonds. The summed E-state index contributed by atoms with van der Waals surface area (Å²) in [6.07, 6.45) is 4.29. The molecule has 1 N–H and O–H groups in total. The molecule has 7 heteroatoms. The van der Waals surface area contributed by atoms with E-state index >= 15 is 0 Å². The Hall–Kier alpha value is -2.18. The van der Waals surface area contributed by atoms with E-state index in [1.807, 2.05) is 0 Å². The van der Waals surface area contributed by atoms with Crippen molar-refractivity contribution in [1.82, 2.24) is 19.8 Å². The average molecular weight is 304 g/mol. The number of aromatic nitrogens is 2. The van der Waals surface area contributed by atoms with Crippen molar-refractivity contribution in [1.29, 1.82) is 0 Å². The molecule has 2 aliphatic heterocycles. The Labute approximate surface area is 128 Å². The van der Waals surface area contributed by atoms with Crippen LogP contribution in [0.5, 0.6) is 0 Å². The van der Waals surface area contributed by atoms with E-state index in [-0.39, 0.29) is 11.5 Å². The Kier molecular flexibility index (Phi) is 3.50. The van der Waals surface area contributed by atoms with E-state index in [9.17, 15) is 14.4 Å². The van der Waals surface area contributed by atoms with Crippen LogP contribution < -0.4 is 5.56 Å². The number of rotatable bonds is 1. The molecule has 1 atom stereocenters. The van der Waals surface area contributed by atoms with Gasteiger partial charge in [-0.1, -0.05) is 0 Å². The number of aryl methyl sites for hydroxylation is 1. The maximum absolute atomic E-state index is 12.8. The number of aromatic amines is 1. The molecule has 0 aromatic carbocycles. The number of hydrogen-bond donors (Lipinski definition) is 1. The summed E-state index contributed by atoms with van der Waals surface area (Å²) in [6, 6.07) is 0. The lowest BCUT2D eigenvalue weighted by molar-refractivity contribution is -0.144. The predicted molar refractivity (Wildman–Crippen MR) is 79.5 cm³/mol. The van der Waals surface area contributed by atoms with Crippen molar-refractivity contribution in [3.63, 3.8) is 0 Å². The van der Waals surface area contributed by atoms with Gasteiger partial charge in [0.15, 0.2) is 0 Å². The summed E-state index contributed by atoms with van der Waals surface area (Å²) in [6.45, 7) is 2.88. The van der Waals surface area contributed by atoms with Crippen molar-refractivity contribution in [3.05, 3.63) is 27.9 Å². The molecule has 0 saturated carbocycles. The topological polar surface area (TPSA) is 86.4 Å². The molecule has 7 nitrogen and oxygen atoms in total. The van der Waals surface area contributed by atoms with Crippen molar-refractivity contribution < 1.29 is 9.59 Å². The van der Waals surface area contributed by atoms with E-state index in [4.69, 9.17) is 0 Å². The van der Waals surface area contributed by atoms with Gasteiger partial charge in [0.25, 0.3) is 11.5 Å². The van der Waals surface area contributed by atoms with E-state index in [2.05, 4.69) is 9.97 Å². The predicted octanol–water partition coefficient (Wildman–Crippen LogP) is 0.305. The Morgan fingerprint density at radius 2 is 1.95 bits per heavy atom. The number of piperidine rings is 1. The molecule has 1 aromatic heterocycles. The second-order valence-electron chi connectivity index (χ2n) is 6.13. The Morgan fingerprint density at radius 1 is 1.27 bits per heavy atom. The van der Waals surface area contributed by atoms with E-state index < -0.39 is 17.0 Å². The van der Waals surface area contributed by atoms with Crippen LogP contribution in [-0.2, 0) is 4.79 Å². The van der Waals surface area contributed by atoms with Crippen LogP contribution in [0.25, 0.3) is 0 Å². The van der Waals surface area contributed by atoms with Gasteiger partial charge >= 0.3 is 0 Å². The lowest BCUT2D eigenvalue weighted by Crippen LogP contribution is -2.60. The molecular weight excluding hydrogens is 284 g/mol. The van der Waals surface area contributed by atoms with E-state index in [0.29, 0.717) is 25.2 Å². The summed E-state index contributed by atoms with van der Waals surface area (Å²) in [4.78, 5) is 47.3. The summed E-state index contributed by atoms with van der Waals surface area (Å²) in [5, 5.41) is 0. The van der Waals surface area contributed by atoms with Crippen molar-refractivity contribution >= 4 is 11.8 Å². The molecule has 0 bridgehead atoms. The fraction of sp³-hybridized carbons (Fsp3) is 0.600. The fourth-order valence-electron chi connectivity index (χ4n) is 3.61. The quantitative estimate of drug-likeness (QED) is 0.809. The van der Waals surface area contributed by atoms with Gasteiger partial charge in [-0.25, -0.2) is 4.98 Å². The minimum atomic E-state index is -0.776. The first-order valence-electron chi connectivity index (χ1n) is 7.59.